The molecule has 1 heterocycles. The summed E-state index contributed by atoms with van der Waals surface area (Å²) >= 11 is 0. The molecule has 166 valence electrons. The molecule has 3 N–H and O–H groups in total. The predicted octanol–water partition coefficient (Wildman–Crippen LogP) is 4.46. The number of nitrogens with one attached hydrogen (secondary N) is 2. The number of carbonyl (C=O) groups is 2. The van der Waals surface area contributed by atoms with Crippen molar-refractivity contribution in [1.29, 1.82) is 0 Å². The van der Waals surface area contributed by atoms with Gasteiger partial charge in [0, 0.05) is 29.7 Å². The van der Waals surface area contributed by atoms with Gasteiger partial charge in [-0.3, -0.25) is 10.2 Å². The molecule has 2 aromatic carbocycles. The number of rotatable bonds is 7. The number of aryl methyl sites for hydroxylation is 1. The molecule has 0 spiro atoms. The summed E-state index contributed by atoms with van der Waals surface area (Å²) in [6.45, 7) is 6.21. The van der Waals surface area contributed by atoms with Crippen LogP contribution < -0.4 is 10.7 Å². The molecule has 1 saturated carbocycles. The molecule has 0 bridgehead atoms. The molecule has 4 rings (SSSR count). The van der Waals surface area contributed by atoms with Gasteiger partial charge in [-0.25, -0.2) is 19.8 Å². The lowest BCUT2D eigenvalue weighted by molar-refractivity contribution is 0.0951. The molecule has 1 aromatic heterocycles. The second kappa shape index (κ2) is 8.82. The summed E-state index contributed by atoms with van der Waals surface area (Å²) in [6, 6.07) is 11.8. The lowest BCUT2D eigenvalue weighted by Crippen LogP contribution is -2.38. The molecule has 0 saturated heterocycles. The number of aromatic nitrogens is 2. The minimum atomic E-state index is -1.08. The first-order valence-electron chi connectivity index (χ1n) is 10.8. The van der Waals surface area contributed by atoms with Crippen molar-refractivity contribution in [2.75, 3.05) is 12.0 Å². The first-order chi connectivity index (χ1) is 15.3. The summed E-state index contributed by atoms with van der Waals surface area (Å²) < 4.78 is 0. The topological polar surface area (TPSA) is 107 Å². The van der Waals surface area contributed by atoms with Gasteiger partial charge < -0.3 is 10.4 Å². The van der Waals surface area contributed by atoms with Crippen LogP contribution in [0, 0.1) is 12.8 Å². The third-order valence-electron chi connectivity index (χ3n) is 5.32. The Morgan fingerprint density at radius 1 is 1.19 bits per heavy atom. The van der Waals surface area contributed by atoms with Crippen molar-refractivity contribution >= 4 is 28.9 Å². The molecule has 0 aliphatic heterocycles. The van der Waals surface area contributed by atoms with Crippen molar-refractivity contribution in [3.63, 3.8) is 0 Å². The number of nitrogens with zero attached hydrogens (tertiary/aromatic N) is 3. The molecule has 0 atom stereocenters. The zero-order valence-electron chi connectivity index (χ0n) is 18.4. The van der Waals surface area contributed by atoms with E-state index < -0.39 is 6.09 Å². The lowest BCUT2D eigenvalue weighted by Gasteiger charge is -2.21. The van der Waals surface area contributed by atoms with Crippen molar-refractivity contribution in [2.45, 2.75) is 39.7 Å². The van der Waals surface area contributed by atoms with Crippen LogP contribution in [0.5, 0.6) is 0 Å². The molecule has 1 aliphatic carbocycles. The highest BCUT2D eigenvalue weighted by molar-refractivity contribution is 5.96. The summed E-state index contributed by atoms with van der Waals surface area (Å²) in [5.74, 6) is 0.341. The molecule has 3 aromatic rings. The minimum Gasteiger partial charge on any atom is -0.464 e. The maximum absolute atomic E-state index is 12.5. The van der Waals surface area contributed by atoms with Crippen LogP contribution >= 0.6 is 0 Å². The lowest BCUT2D eigenvalue weighted by atomic mass is 9.97. The summed E-state index contributed by atoms with van der Waals surface area (Å²) in [5.41, 5.74) is 7.12. The van der Waals surface area contributed by atoms with E-state index >= 15 is 0 Å². The predicted molar refractivity (Wildman–Crippen MR) is 123 cm³/mol. The standard InChI is InChI=1S/C24H27N5O3/c1-14(2)13-29(24(31)32)28-23-25-12-18-10-16(6-9-21(18)27-23)20-11-17(5-4-15(20)3)22(30)26-19-7-8-19/h4-6,9-12,14,19H,7-8,13H2,1-3H3,(H,26,30)(H,31,32)(H,25,27,28). The van der Waals surface area contributed by atoms with Gasteiger partial charge in [0.1, 0.15) is 0 Å². The zero-order valence-corrected chi connectivity index (χ0v) is 18.4. The van der Waals surface area contributed by atoms with Crippen molar-refractivity contribution in [2.24, 2.45) is 5.92 Å². The Hall–Kier alpha value is -3.68. The van der Waals surface area contributed by atoms with Gasteiger partial charge in [0.15, 0.2) is 0 Å². The number of fused-ring (bicyclic) bond motifs is 1. The van der Waals surface area contributed by atoms with E-state index in [2.05, 4.69) is 20.7 Å². The highest BCUT2D eigenvalue weighted by atomic mass is 16.4. The molecule has 1 aliphatic rings. The molecule has 1 fully saturated rings. The van der Waals surface area contributed by atoms with Crippen LogP contribution in [-0.2, 0) is 0 Å². The van der Waals surface area contributed by atoms with Gasteiger partial charge in [-0.1, -0.05) is 26.0 Å². The quantitative estimate of drug-likeness (QED) is 0.475. The number of hydrogen-bond acceptors (Lipinski definition) is 5. The minimum absolute atomic E-state index is 0.0435. The van der Waals surface area contributed by atoms with Crippen molar-refractivity contribution in [3.8, 4) is 11.1 Å². The average molecular weight is 434 g/mol. The number of hydrogen-bond donors (Lipinski definition) is 3. The second-order valence-corrected chi connectivity index (χ2v) is 8.64. The van der Waals surface area contributed by atoms with E-state index in [-0.39, 0.29) is 17.8 Å². The Balaban J connectivity index is 1.59. The van der Waals surface area contributed by atoms with Crippen LogP contribution in [-0.4, -0.2) is 44.7 Å². The molecule has 0 radical (unpaired) electrons. The fourth-order valence-corrected chi connectivity index (χ4v) is 3.48. The highest BCUT2D eigenvalue weighted by Gasteiger charge is 2.24. The Bertz CT molecular complexity index is 1170. The number of amides is 2. The van der Waals surface area contributed by atoms with Crippen LogP contribution in [0.2, 0.25) is 0 Å². The maximum Gasteiger partial charge on any atom is 0.426 e. The summed E-state index contributed by atoms with van der Waals surface area (Å²) in [7, 11) is 0. The zero-order chi connectivity index (χ0) is 22.8. The summed E-state index contributed by atoms with van der Waals surface area (Å²) in [5, 5.41) is 14.3. The second-order valence-electron chi connectivity index (χ2n) is 8.64. The first kappa shape index (κ1) is 21.5. The maximum atomic E-state index is 12.5. The number of hydrazine groups is 1. The van der Waals surface area contributed by atoms with Crippen molar-refractivity contribution in [1.82, 2.24) is 20.3 Å². The number of carboxylic acid groups (broad SMARTS) is 1. The van der Waals surface area contributed by atoms with Gasteiger partial charge >= 0.3 is 6.09 Å². The van der Waals surface area contributed by atoms with Gasteiger partial charge in [-0.2, -0.15) is 0 Å². The van der Waals surface area contributed by atoms with Gasteiger partial charge in [0.25, 0.3) is 5.91 Å². The smallest absolute Gasteiger partial charge is 0.426 e. The monoisotopic (exact) mass is 433 g/mol. The van der Waals surface area contributed by atoms with Crippen LogP contribution in [0.1, 0.15) is 42.6 Å². The molecule has 0 unspecified atom stereocenters. The van der Waals surface area contributed by atoms with E-state index in [0.717, 1.165) is 39.9 Å². The number of benzene rings is 2. The Morgan fingerprint density at radius 2 is 1.97 bits per heavy atom. The van der Waals surface area contributed by atoms with Crippen molar-refractivity contribution in [3.05, 3.63) is 53.7 Å². The fraction of sp³-hybridized carbons (Fsp3) is 0.333. The van der Waals surface area contributed by atoms with Crippen LogP contribution in [0.15, 0.2) is 42.6 Å². The van der Waals surface area contributed by atoms with Crippen LogP contribution in [0.4, 0.5) is 10.7 Å². The Kier molecular flexibility index (Phi) is 5.94. The summed E-state index contributed by atoms with van der Waals surface area (Å²) in [4.78, 5) is 32.7. The average Bonchev–Trinajstić information content (AvgIpc) is 3.57. The van der Waals surface area contributed by atoms with Gasteiger partial charge in [-0.15, -0.1) is 0 Å². The van der Waals surface area contributed by atoms with E-state index in [4.69, 9.17) is 0 Å². The number of anilines is 1. The molecule has 2 amide bonds. The van der Waals surface area contributed by atoms with Gasteiger partial charge in [0.05, 0.1) is 5.52 Å². The Labute approximate surface area is 186 Å². The van der Waals surface area contributed by atoms with Crippen LogP contribution in [0.25, 0.3) is 22.0 Å². The Morgan fingerprint density at radius 3 is 2.66 bits per heavy atom. The van der Waals surface area contributed by atoms with E-state index in [1.165, 1.54) is 0 Å². The van der Waals surface area contributed by atoms with Crippen molar-refractivity contribution < 1.29 is 14.7 Å². The third kappa shape index (κ3) is 4.96. The SMILES string of the molecule is Cc1ccc(C(=O)NC2CC2)cc1-c1ccc2nc(NN(CC(C)C)C(=O)O)ncc2c1. The third-order valence-corrected chi connectivity index (χ3v) is 5.32. The van der Waals surface area contributed by atoms with Crippen LogP contribution in [0.3, 0.4) is 0 Å². The van der Waals surface area contributed by atoms with E-state index in [0.29, 0.717) is 23.7 Å². The van der Waals surface area contributed by atoms with E-state index in [1.807, 2.05) is 57.2 Å². The molecular weight excluding hydrogens is 406 g/mol. The highest BCUT2D eigenvalue weighted by Crippen LogP contribution is 2.28. The normalized spacial score (nSPS) is 13.2. The first-order valence-corrected chi connectivity index (χ1v) is 10.8. The van der Waals surface area contributed by atoms with E-state index in [9.17, 15) is 14.7 Å². The molecular formula is C24H27N5O3. The van der Waals surface area contributed by atoms with Gasteiger partial charge in [0.2, 0.25) is 5.95 Å². The largest absolute Gasteiger partial charge is 0.464 e. The van der Waals surface area contributed by atoms with Gasteiger partial charge in [-0.05, 0) is 66.6 Å². The number of carbonyl (C=O) groups excluding carboxylic acids is 1. The molecule has 32 heavy (non-hydrogen) atoms. The molecule has 8 nitrogen and oxygen atoms in total. The fourth-order valence-electron chi connectivity index (χ4n) is 3.48. The molecule has 8 heteroatoms. The summed E-state index contributed by atoms with van der Waals surface area (Å²) in [6.07, 6.45) is 2.68. The van der Waals surface area contributed by atoms with E-state index in [1.54, 1.807) is 6.20 Å².